The standard InChI is InChI=1S/C26H23NO/c1-4-18-17-20-9-5-6-10-22(20)26(19-13-15-21(28-3)16-14-19)25(18)23-11-7-8-12-24(23)27-2/h4-17,27H,1H2,2-3H3. The van der Waals surface area contributed by atoms with E-state index in [2.05, 4.69) is 78.6 Å². The number of ether oxygens (including phenoxy) is 1. The van der Waals surface area contributed by atoms with Gasteiger partial charge in [0.25, 0.3) is 0 Å². The zero-order valence-electron chi connectivity index (χ0n) is 16.2. The van der Waals surface area contributed by atoms with Crippen molar-refractivity contribution in [2.45, 2.75) is 0 Å². The number of fused-ring (bicyclic) bond motifs is 1. The number of methoxy groups -OCH3 is 1. The maximum atomic E-state index is 5.36. The first-order valence-corrected chi connectivity index (χ1v) is 9.36. The summed E-state index contributed by atoms with van der Waals surface area (Å²) in [7, 11) is 3.65. The van der Waals surface area contributed by atoms with Crippen LogP contribution in [-0.4, -0.2) is 14.2 Å². The lowest BCUT2D eigenvalue weighted by Gasteiger charge is -2.20. The van der Waals surface area contributed by atoms with E-state index in [0.717, 1.165) is 28.1 Å². The van der Waals surface area contributed by atoms with Gasteiger partial charge in [0.1, 0.15) is 5.75 Å². The number of nitrogens with one attached hydrogen (secondary N) is 1. The summed E-state index contributed by atoms with van der Waals surface area (Å²) in [6.07, 6.45) is 1.95. The van der Waals surface area contributed by atoms with Crippen molar-refractivity contribution >= 4 is 22.5 Å². The number of rotatable bonds is 5. The molecule has 1 N–H and O–H groups in total. The third kappa shape index (κ3) is 3.03. The zero-order valence-corrected chi connectivity index (χ0v) is 16.2. The van der Waals surface area contributed by atoms with Gasteiger partial charge in [-0.3, -0.25) is 0 Å². The molecule has 2 heteroatoms. The number of para-hydroxylation sites is 1. The van der Waals surface area contributed by atoms with Crippen LogP contribution in [-0.2, 0) is 0 Å². The molecule has 0 aliphatic heterocycles. The topological polar surface area (TPSA) is 21.3 Å². The van der Waals surface area contributed by atoms with Gasteiger partial charge in [-0.15, -0.1) is 0 Å². The van der Waals surface area contributed by atoms with Gasteiger partial charge < -0.3 is 10.1 Å². The highest BCUT2D eigenvalue weighted by Gasteiger charge is 2.17. The molecule has 0 radical (unpaired) electrons. The molecular formula is C26H23NO. The molecule has 0 aliphatic rings. The fraction of sp³-hybridized carbons (Fsp3) is 0.0769. The minimum Gasteiger partial charge on any atom is -0.497 e. The van der Waals surface area contributed by atoms with Gasteiger partial charge in [-0.25, -0.2) is 0 Å². The van der Waals surface area contributed by atoms with Gasteiger partial charge in [0.15, 0.2) is 0 Å². The summed E-state index contributed by atoms with van der Waals surface area (Å²) >= 11 is 0. The Morgan fingerprint density at radius 2 is 1.57 bits per heavy atom. The molecule has 0 bridgehead atoms. The Morgan fingerprint density at radius 3 is 2.29 bits per heavy atom. The van der Waals surface area contributed by atoms with Gasteiger partial charge >= 0.3 is 0 Å². The molecule has 0 heterocycles. The molecule has 0 fully saturated rings. The van der Waals surface area contributed by atoms with Crippen LogP contribution < -0.4 is 10.1 Å². The van der Waals surface area contributed by atoms with Crippen molar-refractivity contribution in [3.63, 3.8) is 0 Å². The SMILES string of the molecule is C=Cc1cc2ccccc2c(-c2ccc(OC)cc2)c1-c1ccccc1NC. The van der Waals surface area contributed by atoms with Gasteiger partial charge in [0.2, 0.25) is 0 Å². The molecule has 0 spiro atoms. The second kappa shape index (κ2) is 7.61. The number of hydrogen-bond acceptors (Lipinski definition) is 2. The highest BCUT2D eigenvalue weighted by Crippen LogP contribution is 2.43. The van der Waals surface area contributed by atoms with Crippen molar-refractivity contribution in [2.24, 2.45) is 0 Å². The first kappa shape index (κ1) is 17.9. The van der Waals surface area contributed by atoms with E-state index in [1.54, 1.807) is 7.11 Å². The van der Waals surface area contributed by atoms with Crippen LogP contribution in [0.5, 0.6) is 5.75 Å². The molecule has 0 saturated heterocycles. The van der Waals surface area contributed by atoms with Crippen molar-refractivity contribution in [3.05, 3.63) is 91.0 Å². The Hall–Kier alpha value is -3.52. The largest absolute Gasteiger partial charge is 0.497 e. The van der Waals surface area contributed by atoms with E-state index >= 15 is 0 Å². The van der Waals surface area contributed by atoms with E-state index in [-0.39, 0.29) is 0 Å². The molecule has 2 nitrogen and oxygen atoms in total. The quantitative estimate of drug-likeness (QED) is 0.417. The molecular weight excluding hydrogens is 342 g/mol. The van der Waals surface area contributed by atoms with Crippen LogP contribution in [0.15, 0.2) is 85.4 Å². The van der Waals surface area contributed by atoms with Gasteiger partial charge in [-0.05, 0) is 57.3 Å². The Kier molecular flexibility index (Phi) is 4.86. The summed E-state index contributed by atoms with van der Waals surface area (Å²) in [5.74, 6) is 0.852. The maximum Gasteiger partial charge on any atom is 0.118 e. The van der Waals surface area contributed by atoms with Gasteiger partial charge in [0, 0.05) is 18.3 Å². The minimum atomic E-state index is 0.852. The summed E-state index contributed by atoms with van der Waals surface area (Å²) in [6.45, 7) is 4.10. The first-order chi connectivity index (χ1) is 13.8. The van der Waals surface area contributed by atoms with E-state index < -0.39 is 0 Å². The number of benzene rings is 4. The van der Waals surface area contributed by atoms with E-state index in [1.165, 1.54) is 21.9 Å². The van der Waals surface area contributed by atoms with Crippen LogP contribution in [0.4, 0.5) is 5.69 Å². The van der Waals surface area contributed by atoms with Gasteiger partial charge in [-0.2, -0.15) is 0 Å². The van der Waals surface area contributed by atoms with Crippen molar-refractivity contribution in [1.82, 2.24) is 0 Å². The highest BCUT2D eigenvalue weighted by atomic mass is 16.5. The Bertz CT molecular complexity index is 1140. The summed E-state index contributed by atoms with van der Waals surface area (Å²) in [5, 5.41) is 5.76. The molecule has 4 aromatic rings. The van der Waals surface area contributed by atoms with Crippen molar-refractivity contribution in [3.8, 4) is 28.0 Å². The first-order valence-electron chi connectivity index (χ1n) is 9.36. The van der Waals surface area contributed by atoms with Gasteiger partial charge in [-0.1, -0.05) is 67.3 Å². The van der Waals surface area contributed by atoms with Gasteiger partial charge in [0.05, 0.1) is 7.11 Å². The molecule has 0 unspecified atom stereocenters. The minimum absolute atomic E-state index is 0.852. The zero-order chi connectivity index (χ0) is 19.5. The molecule has 4 aromatic carbocycles. The van der Waals surface area contributed by atoms with Crippen LogP contribution in [0, 0.1) is 0 Å². The average molecular weight is 365 g/mol. The monoisotopic (exact) mass is 365 g/mol. The Morgan fingerprint density at radius 1 is 0.857 bits per heavy atom. The van der Waals surface area contributed by atoms with Crippen molar-refractivity contribution in [2.75, 3.05) is 19.5 Å². The van der Waals surface area contributed by atoms with Crippen LogP contribution >= 0.6 is 0 Å². The van der Waals surface area contributed by atoms with Crippen LogP contribution in [0.2, 0.25) is 0 Å². The fourth-order valence-corrected chi connectivity index (χ4v) is 3.80. The predicted molar refractivity (Wildman–Crippen MR) is 121 cm³/mol. The van der Waals surface area contributed by atoms with Crippen molar-refractivity contribution < 1.29 is 4.74 Å². The third-order valence-corrected chi connectivity index (χ3v) is 5.14. The lowest BCUT2D eigenvalue weighted by molar-refractivity contribution is 0.415. The Balaban J connectivity index is 2.14. The second-order valence-electron chi connectivity index (χ2n) is 6.67. The second-order valence-corrected chi connectivity index (χ2v) is 6.67. The van der Waals surface area contributed by atoms with E-state index in [4.69, 9.17) is 4.74 Å². The molecule has 0 atom stereocenters. The summed E-state index contributed by atoms with van der Waals surface area (Å²) in [5.41, 5.74) is 6.92. The summed E-state index contributed by atoms with van der Waals surface area (Å²) in [6, 6.07) is 27.4. The van der Waals surface area contributed by atoms with E-state index in [9.17, 15) is 0 Å². The smallest absolute Gasteiger partial charge is 0.118 e. The van der Waals surface area contributed by atoms with E-state index in [0.29, 0.717) is 0 Å². The molecule has 4 rings (SSSR count). The fourth-order valence-electron chi connectivity index (χ4n) is 3.80. The van der Waals surface area contributed by atoms with Crippen LogP contribution in [0.3, 0.4) is 0 Å². The third-order valence-electron chi connectivity index (χ3n) is 5.14. The maximum absolute atomic E-state index is 5.36. The molecule has 0 aliphatic carbocycles. The average Bonchev–Trinajstić information content (AvgIpc) is 2.77. The Labute approximate surface area is 166 Å². The number of anilines is 1. The predicted octanol–water partition coefficient (Wildman–Crippen LogP) is 6.87. The molecule has 0 aromatic heterocycles. The van der Waals surface area contributed by atoms with Crippen molar-refractivity contribution in [1.29, 1.82) is 0 Å². The molecule has 0 saturated carbocycles. The molecule has 138 valence electrons. The normalized spacial score (nSPS) is 10.6. The lowest BCUT2D eigenvalue weighted by atomic mass is 9.85. The highest BCUT2D eigenvalue weighted by molar-refractivity contribution is 6.08. The summed E-state index contributed by atoms with van der Waals surface area (Å²) < 4.78 is 5.36. The van der Waals surface area contributed by atoms with Crippen LogP contribution in [0.1, 0.15) is 5.56 Å². The molecule has 28 heavy (non-hydrogen) atoms. The lowest BCUT2D eigenvalue weighted by Crippen LogP contribution is -1.96. The van der Waals surface area contributed by atoms with E-state index in [1.807, 2.05) is 25.3 Å². The van der Waals surface area contributed by atoms with Crippen LogP contribution in [0.25, 0.3) is 39.1 Å². The number of hydrogen-bond donors (Lipinski definition) is 1. The summed E-state index contributed by atoms with van der Waals surface area (Å²) in [4.78, 5) is 0. The molecule has 0 amide bonds.